The third-order valence-corrected chi connectivity index (χ3v) is 6.62. The summed E-state index contributed by atoms with van der Waals surface area (Å²) < 4.78 is 69.0. The van der Waals surface area contributed by atoms with E-state index in [0.717, 1.165) is 16.6 Å². The summed E-state index contributed by atoms with van der Waals surface area (Å²) >= 11 is 0. The summed E-state index contributed by atoms with van der Waals surface area (Å²) in [6.45, 7) is 1.81. The van der Waals surface area contributed by atoms with Crippen LogP contribution in [0.2, 0.25) is 0 Å². The molecule has 0 amide bonds. The Kier molecular flexibility index (Phi) is 4.41. The molecular weight excluding hydrogens is 373 g/mol. The number of hydrogen-bond donors (Lipinski definition) is 0. The fourth-order valence-corrected chi connectivity index (χ4v) is 4.94. The molecule has 1 aliphatic rings. The monoisotopic (exact) mass is 389 g/mol. The molecule has 0 N–H and O–H groups in total. The van der Waals surface area contributed by atoms with E-state index in [1.54, 1.807) is 6.92 Å². The highest BCUT2D eigenvalue weighted by Gasteiger charge is 2.40. The molecule has 1 aromatic heterocycles. The Balaban J connectivity index is 2.01. The van der Waals surface area contributed by atoms with Gasteiger partial charge in [-0.1, -0.05) is 11.2 Å². The van der Waals surface area contributed by atoms with E-state index < -0.39 is 41.8 Å². The van der Waals surface area contributed by atoms with Gasteiger partial charge in [-0.25, -0.2) is 21.2 Å². The fourth-order valence-electron chi connectivity index (χ4n) is 2.71. The van der Waals surface area contributed by atoms with Crippen LogP contribution in [0.1, 0.15) is 30.3 Å². The van der Waals surface area contributed by atoms with Crippen LogP contribution >= 0.6 is 0 Å². The molecule has 0 saturated carbocycles. The zero-order valence-electron chi connectivity index (χ0n) is 13.5. The van der Waals surface area contributed by atoms with Crippen LogP contribution in [-0.4, -0.2) is 44.1 Å². The second-order valence-corrected chi connectivity index (χ2v) is 9.64. The Hall–Kier alpha value is -1.85. The van der Waals surface area contributed by atoms with Crippen molar-refractivity contribution in [2.24, 2.45) is 0 Å². The Morgan fingerprint density at radius 3 is 2.60 bits per heavy atom. The number of rotatable bonds is 4. The highest BCUT2D eigenvalue weighted by atomic mass is 32.2. The van der Waals surface area contributed by atoms with Gasteiger partial charge in [-0.2, -0.15) is 4.31 Å². The predicted octanol–water partition coefficient (Wildman–Crippen LogP) is 1.45. The molecule has 0 aliphatic carbocycles. The van der Waals surface area contributed by atoms with Gasteiger partial charge >= 0.3 is 5.22 Å². The van der Waals surface area contributed by atoms with Crippen LogP contribution in [0.3, 0.4) is 0 Å². The smallest absolute Gasteiger partial charge is 0.335 e. The van der Waals surface area contributed by atoms with Crippen molar-refractivity contribution < 1.29 is 25.6 Å². The molecule has 2 heterocycles. The molecule has 0 bridgehead atoms. The Labute approximate surface area is 144 Å². The normalized spacial score (nSPS) is 19.4. The maximum atomic E-state index is 14.1. The molecule has 1 aliphatic heterocycles. The van der Waals surface area contributed by atoms with E-state index in [9.17, 15) is 21.2 Å². The van der Waals surface area contributed by atoms with Crippen LogP contribution in [0.4, 0.5) is 4.39 Å². The Morgan fingerprint density at radius 1 is 1.24 bits per heavy atom. The topological polar surface area (TPSA) is 110 Å². The van der Waals surface area contributed by atoms with Crippen molar-refractivity contribution in [2.75, 3.05) is 12.8 Å². The second-order valence-electron chi connectivity index (χ2n) is 5.89. The highest BCUT2D eigenvalue weighted by Crippen LogP contribution is 2.37. The average molecular weight is 389 g/mol. The van der Waals surface area contributed by atoms with E-state index in [4.69, 9.17) is 4.42 Å². The largest absolute Gasteiger partial charge is 0.411 e. The van der Waals surface area contributed by atoms with Crippen molar-refractivity contribution in [1.29, 1.82) is 0 Å². The summed E-state index contributed by atoms with van der Waals surface area (Å²) in [5.74, 6) is -0.965. The van der Waals surface area contributed by atoms with Gasteiger partial charge in [0.25, 0.3) is 0 Å². The molecule has 1 aromatic carbocycles. The van der Waals surface area contributed by atoms with E-state index in [1.807, 2.05) is 0 Å². The molecule has 1 saturated heterocycles. The lowest BCUT2D eigenvalue weighted by atomic mass is 10.2. The minimum absolute atomic E-state index is 0.116. The molecule has 0 unspecified atom stereocenters. The minimum Gasteiger partial charge on any atom is -0.411 e. The van der Waals surface area contributed by atoms with E-state index in [2.05, 4.69) is 10.2 Å². The van der Waals surface area contributed by atoms with Crippen LogP contribution in [0.25, 0.3) is 0 Å². The molecule has 2 aromatic rings. The van der Waals surface area contributed by atoms with Gasteiger partial charge in [0.05, 0.1) is 0 Å². The molecule has 25 heavy (non-hydrogen) atoms. The molecule has 8 nitrogen and oxygen atoms in total. The fraction of sp³-hybridized carbons (Fsp3) is 0.429. The molecular formula is C14H16FN3O5S2. The first kappa shape index (κ1) is 18.0. The van der Waals surface area contributed by atoms with Crippen molar-refractivity contribution in [3.63, 3.8) is 0 Å². The zero-order chi connectivity index (χ0) is 18.4. The average Bonchev–Trinajstić information content (AvgIpc) is 3.16. The number of benzene rings is 1. The van der Waals surface area contributed by atoms with Gasteiger partial charge in [-0.05, 0) is 37.5 Å². The Morgan fingerprint density at radius 2 is 1.96 bits per heavy atom. The van der Waals surface area contributed by atoms with Crippen molar-refractivity contribution in [2.45, 2.75) is 35.9 Å². The standard InChI is InChI=1S/C14H16FN3O5S2/c1-9-5-6-10(15)12(8-9)25(21,22)18-7-3-4-11(18)13-16-17-14(23-13)24(2,19)20/h5-6,8,11H,3-4,7H2,1-2H3/t11-/m0/s1. The van der Waals surface area contributed by atoms with Gasteiger partial charge in [0.15, 0.2) is 0 Å². The lowest BCUT2D eigenvalue weighted by molar-refractivity contribution is 0.303. The van der Waals surface area contributed by atoms with Gasteiger partial charge in [-0.15, -0.1) is 5.10 Å². The second kappa shape index (κ2) is 6.15. The molecule has 136 valence electrons. The number of hydrogen-bond acceptors (Lipinski definition) is 7. The molecule has 11 heteroatoms. The molecule has 1 atom stereocenters. The first-order valence-corrected chi connectivity index (χ1v) is 10.8. The van der Waals surface area contributed by atoms with E-state index in [1.165, 1.54) is 12.1 Å². The quantitative estimate of drug-likeness (QED) is 0.778. The highest BCUT2D eigenvalue weighted by molar-refractivity contribution is 7.90. The van der Waals surface area contributed by atoms with Gasteiger partial charge in [0.1, 0.15) is 16.8 Å². The first-order chi connectivity index (χ1) is 11.6. The van der Waals surface area contributed by atoms with Crippen LogP contribution < -0.4 is 0 Å². The maximum Gasteiger partial charge on any atom is 0.335 e. The summed E-state index contributed by atoms with van der Waals surface area (Å²) in [5.41, 5.74) is 0.605. The molecule has 0 radical (unpaired) electrons. The van der Waals surface area contributed by atoms with Gasteiger partial charge in [-0.3, -0.25) is 0 Å². The number of aryl methyl sites for hydroxylation is 1. The summed E-state index contributed by atoms with van der Waals surface area (Å²) in [5, 5.41) is 6.54. The number of aromatic nitrogens is 2. The molecule has 0 spiro atoms. The lowest BCUT2D eigenvalue weighted by Gasteiger charge is -2.22. The van der Waals surface area contributed by atoms with Crippen molar-refractivity contribution in [1.82, 2.24) is 14.5 Å². The number of sulfonamides is 1. The van der Waals surface area contributed by atoms with Gasteiger partial charge in [0, 0.05) is 12.8 Å². The third kappa shape index (κ3) is 3.31. The van der Waals surface area contributed by atoms with Gasteiger partial charge < -0.3 is 4.42 Å². The summed E-state index contributed by atoms with van der Waals surface area (Å²) in [4.78, 5) is -0.428. The van der Waals surface area contributed by atoms with Crippen LogP contribution in [-0.2, 0) is 19.9 Å². The van der Waals surface area contributed by atoms with Crippen molar-refractivity contribution in [3.8, 4) is 0 Å². The SMILES string of the molecule is Cc1ccc(F)c(S(=O)(=O)N2CCC[C@H]2c2nnc(S(C)(=O)=O)o2)c1. The van der Waals surface area contributed by atoms with Crippen molar-refractivity contribution >= 4 is 19.9 Å². The Bertz CT molecular complexity index is 1020. The van der Waals surface area contributed by atoms with E-state index in [0.29, 0.717) is 18.4 Å². The maximum absolute atomic E-state index is 14.1. The minimum atomic E-state index is -4.13. The van der Waals surface area contributed by atoms with E-state index >= 15 is 0 Å². The zero-order valence-corrected chi connectivity index (χ0v) is 15.1. The molecule has 3 rings (SSSR count). The van der Waals surface area contributed by atoms with Crippen LogP contribution in [0.5, 0.6) is 0 Å². The summed E-state index contributed by atoms with van der Waals surface area (Å²) in [7, 11) is -7.83. The van der Waals surface area contributed by atoms with E-state index in [-0.39, 0.29) is 12.4 Å². The molecule has 1 fully saturated rings. The van der Waals surface area contributed by atoms with Crippen LogP contribution in [0, 0.1) is 12.7 Å². The van der Waals surface area contributed by atoms with Crippen LogP contribution in [0.15, 0.2) is 32.7 Å². The van der Waals surface area contributed by atoms with Gasteiger partial charge in [0.2, 0.25) is 25.8 Å². The summed E-state index contributed by atoms with van der Waals surface area (Å²) in [6, 6.07) is 3.01. The summed E-state index contributed by atoms with van der Waals surface area (Å²) in [6.07, 6.45) is 1.79. The third-order valence-electron chi connectivity index (χ3n) is 3.90. The van der Waals surface area contributed by atoms with Crippen molar-refractivity contribution in [3.05, 3.63) is 35.5 Å². The number of nitrogens with zero attached hydrogens (tertiary/aromatic N) is 3. The first-order valence-electron chi connectivity index (χ1n) is 7.42. The predicted molar refractivity (Wildman–Crippen MR) is 84.4 cm³/mol. The number of sulfone groups is 1. The lowest BCUT2D eigenvalue weighted by Crippen LogP contribution is -2.31. The number of halogens is 1.